The van der Waals surface area contributed by atoms with Gasteiger partial charge in [-0.05, 0) is 59.2 Å². The highest BCUT2D eigenvalue weighted by Crippen LogP contribution is 2.26. The van der Waals surface area contributed by atoms with Crippen LogP contribution in [0.2, 0.25) is 5.02 Å². The van der Waals surface area contributed by atoms with Gasteiger partial charge < -0.3 is 14.4 Å². The molecule has 32 heavy (non-hydrogen) atoms. The van der Waals surface area contributed by atoms with Crippen molar-refractivity contribution in [2.75, 3.05) is 0 Å². The lowest BCUT2D eigenvalue weighted by Crippen LogP contribution is -2.08. The van der Waals surface area contributed by atoms with Crippen molar-refractivity contribution in [2.24, 2.45) is 0 Å². The number of nitrogens with zero attached hydrogens (tertiary/aromatic N) is 1. The van der Waals surface area contributed by atoms with E-state index >= 15 is 0 Å². The smallest absolute Gasteiger partial charge is 0.352 e. The number of aromatic nitrogens is 1. The Balaban J connectivity index is 1.50. The van der Waals surface area contributed by atoms with Crippen LogP contribution in [0.4, 0.5) is 8.78 Å². The summed E-state index contributed by atoms with van der Waals surface area (Å²) in [5.74, 6) is -1.81. The molecule has 4 rings (SSSR count). The lowest BCUT2D eigenvalue weighted by Gasteiger charge is -2.08. The van der Waals surface area contributed by atoms with E-state index in [2.05, 4.69) is 0 Å². The normalized spacial score (nSPS) is 10.8. The fraction of sp³-hybridized carbons (Fsp3) is 0.0800. The molecule has 1 aromatic heterocycles. The first-order chi connectivity index (χ1) is 15.4. The molecule has 0 saturated carbocycles. The number of halogens is 3. The SMILES string of the molecule is O=C(O)c1cc(-c2ccc(OCc3cc(F)cc(F)c3)cc2)cn1Cc1ccc(Cl)cc1. The number of aromatic carboxylic acids is 1. The molecule has 0 fully saturated rings. The predicted octanol–water partition coefficient (Wildman–Crippen LogP) is 6.41. The first-order valence-electron chi connectivity index (χ1n) is 9.73. The Morgan fingerprint density at radius 2 is 1.53 bits per heavy atom. The molecule has 162 valence electrons. The number of carboxylic acid groups (broad SMARTS) is 1. The van der Waals surface area contributed by atoms with Gasteiger partial charge in [0, 0.05) is 29.4 Å². The molecular formula is C25H18ClF2NO3. The molecule has 0 saturated heterocycles. The summed E-state index contributed by atoms with van der Waals surface area (Å²) in [6.45, 7) is 0.416. The molecule has 3 aromatic carbocycles. The van der Waals surface area contributed by atoms with Crippen molar-refractivity contribution >= 4 is 17.6 Å². The van der Waals surface area contributed by atoms with Crippen LogP contribution < -0.4 is 4.74 Å². The van der Waals surface area contributed by atoms with Crippen molar-refractivity contribution in [3.05, 3.63) is 112 Å². The molecule has 0 atom stereocenters. The van der Waals surface area contributed by atoms with Crippen molar-refractivity contribution in [1.29, 1.82) is 0 Å². The molecule has 1 heterocycles. The van der Waals surface area contributed by atoms with Gasteiger partial charge in [-0.15, -0.1) is 0 Å². The first-order valence-corrected chi connectivity index (χ1v) is 10.1. The van der Waals surface area contributed by atoms with Gasteiger partial charge in [0.05, 0.1) is 0 Å². The standard InChI is InChI=1S/C25H18ClF2NO3/c26-20-5-1-16(2-6-20)13-29-14-19(11-24(29)25(30)31)18-3-7-23(8-4-18)32-15-17-9-21(27)12-22(28)10-17/h1-12,14H,13,15H2,(H,30,31). The second-order valence-corrected chi connectivity index (χ2v) is 7.70. The average molecular weight is 454 g/mol. The Kier molecular flexibility index (Phi) is 6.23. The van der Waals surface area contributed by atoms with E-state index in [-0.39, 0.29) is 12.3 Å². The minimum Gasteiger partial charge on any atom is -0.489 e. The zero-order valence-electron chi connectivity index (χ0n) is 16.8. The Morgan fingerprint density at radius 3 is 2.16 bits per heavy atom. The summed E-state index contributed by atoms with van der Waals surface area (Å²) in [5.41, 5.74) is 3.04. The summed E-state index contributed by atoms with van der Waals surface area (Å²) in [6.07, 6.45) is 1.78. The monoisotopic (exact) mass is 453 g/mol. The Morgan fingerprint density at radius 1 is 0.875 bits per heavy atom. The lowest BCUT2D eigenvalue weighted by atomic mass is 10.1. The number of carboxylic acids is 1. The van der Waals surface area contributed by atoms with Crippen molar-refractivity contribution in [1.82, 2.24) is 4.57 Å². The third-order valence-electron chi connectivity index (χ3n) is 4.90. The Bertz CT molecular complexity index is 1230. The Labute approximate surface area is 188 Å². The van der Waals surface area contributed by atoms with E-state index in [1.165, 1.54) is 12.1 Å². The van der Waals surface area contributed by atoms with Gasteiger partial charge in [0.25, 0.3) is 0 Å². The number of ether oxygens (including phenoxy) is 1. The molecule has 0 amide bonds. The number of hydrogen-bond donors (Lipinski definition) is 1. The quantitative estimate of drug-likeness (QED) is 0.351. The van der Waals surface area contributed by atoms with Crippen molar-refractivity contribution in [3.8, 4) is 16.9 Å². The first kappa shape index (κ1) is 21.6. The lowest BCUT2D eigenvalue weighted by molar-refractivity contribution is 0.0685. The van der Waals surface area contributed by atoms with E-state index in [4.69, 9.17) is 16.3 Å². The van der Waals surface area contributed by atoms with Crippen LogP contribution in [0.3, 0.4) is 0 Å². The fourth-order valence-electron chi connectivity index (χ4n) is 3.37. The molecule has 4 aromatic rings. The number of carbonyl (C=O) groups is 1. The summed E-state index contributed by atoms with van der Waals surface area (Å²) >= 11 is 5.92. The van der Waals surface area contributed by atoms with Gasteiger partial charge in [-0.1, -0.05) is 35.9 Å². The maximum atomic E-state index is 13.3. The van der Waals surface area contributed by atoms with Gasteiger partial charge >= 0.3 is 5.97 Å². The summed E-state index contributed by atoms with van der Waals surface area (Å²) in [4.78, 5) is 11.7. The number of benzene rings is 3. The van der Waals surface area contributed by atoms with Crippen LogP contribution in [0.25, 0.3) is 11.1 Å². The van der Waals surface area contributed by atoms with Crippen LogP contribution in [0.5, 0.6) is 5.75 Å². The molecular weight excluding hydrogens is 436 g/mol. The summed E-state index contributed by atoms with van der Waals surface area (Å²) in [7, 11) is 0. The van der Waals surface area contributed by atoms with Crippen LogP contribution in [-0.4, -0.2) is 15.6 Å². The zero-order chi connectivity index (χ0) is 22.7. The van der Waals surface area contributed by atoms with Crippen LogP contribution in [0, 0.1) is 11.6 Å². The topological polar surface area (TPSA) is 51.5 Å². The van der Waals surface area contributed by atoms with Gasteiger partial charge in [0.15, 0.2) is 0 Å². The fourth-order valence-corrected chi connectivity index (χ4v) is 3.50. The largest absolute Gasteiger partial charge is 0.489 e. The van der Waals surface area contributed by atoms with Crippen molar-refractivity contribution in [3.63, 3.8) is 0 Å². The van der Waals surface area contributed by atoms with Crippen LogP contribution in [-0.2, 0) is 13.2 Å². The van der Waals surface area contributed by atoms with Gasteiger partial charge in [-0.2, -0.15) is 0 Å². The van der Waals surface area contributed by atoms with Gasteiger partial charge in [-0.3, -0.25) is 0 Å². The van der Waals surface area contributed by atoms with Crippen molar-refractivity contribution < 1.29 is 23.4 Å². The van der Waals surface area contributed by atoms with E-state index < -0.39 is 17.6 Å². The van der Waals surface area contributed by atoms with E-state index in [9.17, 15) is 18.7 Å². The molecule has 0 aliphatic rings. The highest BCUT2D eigenvalue weighted by atomic mass is 35.5. The summed E-state index contributed by atoms with van der Waals surface area (Å²) in [5, 5.41) is 10.2. The van der Waals surface area contributed by atoms with Crippen LogP contribution >= 0.6 is 11.6 Å². The third kappa shape index (κ3) is 5.15. The van der Waals surface area contributed by atoms with Gasteiger partial charge in [0.2, 0.25) is 0 Å². The average Bonchev–Trinajstić information content (AvgIpc) is 3.18. The van der Waals surface area contributed by atoms with E-state index in [1.807, 2.05) is 12.1 Å². The molecule has 0 unspecified atom stereocenters. The van der Waals surface area contributed by atoms with Gasteiger partial charge in [-0.25, -0.2) is 13.6 Å². The van der Waals surface area contributed by atoms with Gasteiger partial charge in [0.1, 0.15) is 29.7 Å². The second kappa shape index (κ2) is 9.24. The van der Waals surface area contributed by atoms with E-state index in [0.29, 0.717) is 22.9 Å². The predicted molar refractivity (Wildman–Crippen MR) is 118 cm³/mol. The van der Waals surface area contributed by atoms with E-state index in [0.717, 1.165) is 22.8 Å². The molecule has 4 nitrogen and oxygen atoms in total. The maximum Gasteiger partial charge on any atom is 0.352 e. The number of hydrogen-bond acceptors (Lipinski definition) is 2. The number of rotatable bonds is 7. The second-order valence-electron chi connectivity index (χ2n) is 7.26. The summed E-state index contributed by atoms with van der Waals surface area (Å²) in [6, 6.07) is 19.1. The minimum absolute atomic E-state index is 0.0225. The molecule has 0 aliphatic heterocycles. The molecule has 7 heteroatoms. The van der Waals surface area contributed by atoms with E-state index in [1.54, 1.807) is 53.2 Å². The summed E-state index contributed by atoms with van der Waals surface area (Å²) < 4.78 is 33.9. The van der Waals surface area contributed by atoms with Crippen molar-refractivity contribution in [2.45, 2.75) is 13.2 Å². The molecule has 1 N–H and O–H groups in total. The third-order valence-corrected chi connectivity index (χ3v) is 5.15. The zero-order valence-corrected chi connectivity index (χ0v) is 17.5. The molecule has 0 spiro atoms. The molecule has 0 bridgehead atoms. The maximum absolute atomic E-state index is 13.3. The Hall–Kier alpha value is -3.64. The molecule has 0 aliphatic carbocycles. The van der Waals surface area contributed by atoms with Crippen LogP contribution in [0.1, 0.15) is 21.6 Å². The van der Waals surface area contributed by atoms with Crippen LogP contribution in [0.15, 0.2) is 79.0 Å². The molecule has 0 radical (unpaired) electrons. The minimum atomic E-state index is -1.02. The highest BCUT2D eigenvalue weighted by molar-refractivity contribution is 6.30. The highest BCUT2D eigenvalue weighted by Gasteiger charge is 2.14.